The first-order chi connectivity index (χ1) is 6.75. The van der Waals surface area contributed by atoms with Gasteiger partial charge in [-0.05, 0) is 99.4 Å². The van der Waals surface area contributed by atoms with Gasteiger partial charge in [0.15, 0.2) is 0 Å². The number of allylic oxidation sites excluding steroid dienone is 6. The van der Waals surface area contributed by atoms with Crippen LogP contribution in [0.2, 0.25) is 0 Å². The van der Waals surface area contributed by atoms with Crippen LogP contribution in [0.1, 0.15) is 0 Å². The van der Waals surface area contributed by atoms with Crippen molar-refractivity contribution in [2.24, 2.45) is 0 Å². The molecule has 4 heteroatoms. The fourth-order valence-electron chi connectivity index (χ4n) is 1.14. The molecule has 2 heterocycles. The van der Waals surface area contributed by atoms with E-state index in [0.29, 0.717) is 15.3 Å². The Balaban J connectivity index is 2.28. The molecule has 14 heavy (non-hydrogen) atoms. The summed E-state index contributed by atoms with van der Waals surface area (Å²) in [6.45, 7) is 0. The minimum Gasteiger partial charge on any atom is -0.0989 e. The average Bonchev–Trinajstić information content (AvgIpc) is 2.21. The van der Waals surface area contributed by atoms with Crippen molar-refractivity contribution >= 4 is 68.5 Å². The van der Waals surface area contributed by atoms with Gasteiger partial charge in [-0.3, -0.25) is 0 Å². The van der Waals surface area contributed by atoms with Crippen LogP contribution in [-0.4, -0.2) is 10.7 Å². The summed E-state index contributed by atoms with van der Waals surface area (Å²) < 4.78 is 0. The Kier molecular flexibility index (Phi) is 4.27. The first-order valence-corrected chi connectivity index (χ1v) is 11.8. The van der Waals surface area contributed by atoms with Gasteiger partial charge in [0.25, 0.3) is 0 Å². The maximum absolute atomic E-state index is 2.44. The standard InChI is InChI=1S/C10H8I2S2/c11-13-5-1-9(2-6-13)10-3-7-14(12)8-4-10/h1-8H. The zero-order valence-corrected chi connectivity index (χ0v) is 13.1. The smallest absolute Gasteiger partial charge is 0.00645 e. The van der Waals surface area contributed by atoms with Crippen molar-refractivity contribution in [3.8, 4) is 0 Å². The van der Waals surface area contributed by atoms with Crippen LogP contribution in [0.4, 0.5) is 0 Å². The molecule has 0 aromatic carbocycles. The van der Waals surface area contributed by atoms with E-state index in [1.54, 1.807) is 0 Å². The van der Waals surface area contributed by atoms with Gasteiger partial charge in [-0.25, -0.2) is 0 Å². The molecule has 0 radical (unpaired) electrons. The molecule has 0 nitrogen and oxygen atoms in total. The summed E-state index contributed by atoms with van der Waals surface area (Å²) in [5, 5.41) is 9.01. The lowest BCUT2D eigenvalue weighted by atomic mass is 10.1. The van der Waals surface area contributed by atoms with Crippen molar-refractivity contribution < 1.29 is 0 Å². The van der Waals surface area contributed by atoms with Gasteiger partial charge in [0.2, 0.25) is 0 Å². The average molecular weight is 446 g/mol. The third-order valence-electron chi connectivity index (χ3n) is 1.84. The van der Waals surface area contributed by atoms with Gasteiger partial charge >= 0.3 is 0 Å². The van der Waals surface area contributed by atoms with Crippen LogP contribution < -0.4 is 0 Å². The fourth-order valence-corrected chi connectivity index (χ4v) is 4.19. The molecule has 0 bridgehead atoms. The van der Waals surface area contributed by atoms with Crippen LogP contribution in [0.15, 0.2) is 46.3 Å². The van der Waals surface area contributed by atoms with Gasteiger partial charge in [-0.1, -0.05) is 15.3 Å². The van der Waals surface area contributed by atoms with Gasteiger partial charge in [-0.15, -0.1) is 0 Å². The summed E-state index contributed by atoms with van der Waals surface area (Å²) in [4.78, 5) is 0. The first kappa shape index (κ1) is 11.3. The minimum absolute atomic E-state index is 0.304. The second-order valence-electron chi connectivity index (χ2n) is 2.75. The quantitative estimate of drug-likeness (QED) is 0.404. The van der Waals surface area contributed by atoms with E-state index in [9.17, 15) is 0 Å². The van der Waals surface area contributed by atoms with Crippen molar-refractivity contribution in [2.45, 2.75) is 0 Å². The summed E-state index contributed by atoms with van der Waals surface area (Å²) in [6.07, 6.45) is 8.87. The molecule has 0 saturated carbocycles. The number of halogens is 2. The fraction of sp³-hybridized carbons (Fsp3) is 0. The first-order valence-electron chi connectivity index (χ1n) is 3.99. The van der Waals surface area contributed by atoms with Crippen LogP contribution >= 0.6 is 57.7 Å². The topological polar surface area (TPSA) is 0 Å². The maximum atomic E-state index is 2.44. The lowest BCUT2D eigenvalue weighted by Gasteiger charge is -2.08. The van der Waals surface area contributed by atoms with Gasteiger partial charge in [0, 0.05) is 0 Å². The minimum atomic E-state index is 0.304. The van der Waals surface area contributed by atoms with Crippen molar-refractivity contribution in [3.05, 3.63) is 46.3 Å². The number of rotatable bonds is 1. The Hall–Kier alpha value is 0.860. The zero-order chi connectivity index (χ0) is 9.97. The van der Waals surface area contributed by atoms with Gasteiger partial charge in [-0.2, -0.15) is 0 Å². The maximum Gasteiger partial charge on any atom is -0.00645 e. The summed E-state index contributed by atoms with van der Waals surface area (Å²) in [7, 11) is 0.609. The lowest BCUT2D eigenvalue weighted by molar-refractivity contribution is 1.59. The Labute approximate surface area is 113 Å². The second kappa shape index (κ2) is 5.27. The van der Waals surface area contributed by atoms with E-state index in [1.807, 2.05) is 0 Å². The largest absolute Gasteiger partial charge is 0.0989 e. The van der Waals surface area contributed by atoms with Crippen molar-refractivity contribution in [1.82, 2.24) is 0 Å². The Morgan fingerprint density at radius 3 is 1.50 bits per heavy atom. The summed E-state index contributed by atoms with van der Waals surface area (Å²) in [6, 6.07) is 0. The molecule has 0 N–H and O–H groups in total. The van der Waals surface area contributed by atoms with E-state index in [0.717, 1.165) is 0 Å². The molecule has 2 aliphatic heterocycles. The van der Waals surface area contributed by atoms with E-state index >= 15 is 0 Å². The van der Waals surface area contributed by atoms with Gasteiger partial charge < -0.3 is 0 Å². The SMILES string of the molecule is IS1=CC=C(C2=CC=S(I)C=C2)C=C1. The second-order valence-corrected chi connectivity index (χ2v) is 11.2. The van der Waals surface area contributed by atoms with Crippen LogP contribution in [0.3, 0.4) is 0 Å². The molecule has 0 aromatic heterocycles. The number of hydrogen-bond donors (Lipinski definition) is 0. The van der Waals surface area contributed by atoms with Crippen molar-refractivity contribution in [1.29, 1.82) is 0 Å². The van der Waals surface area contributed by atoms with E-state index in [-0.39, 0.29) is 0 Å². The normalized spacial score (nSPS) is 30.1. The van der Waals surface area contributed by atoms with Crippen molar-refractivity contribution in [3.63, 3.8) is 0 Å². The molecular weight excluding hydrogens is 438 g/mol. The predicted octanol–water partition coefficient (Wildman–Crippen LogP) is 4.74. The molecule has 0 amide bonds. The molecule has 0 spiro atoms. The van der Waals surface area contributed by atoms with Gasteiger partial charge in [0.1, 0.15) is 0 Å². The van der Waals surface area contributed by atoms with E-state index in [1.165, 1.54) is 11.1 Å². The van der Waals surface area contributed by atoms with Crippen LogP contribution in [0.25, 0.3) is 0 Å². The highest BCUT2D eigenvalue weighted by Crippen LogP contribution is 2.33. The van der Waals surface area contributed by atoms with E-state index in [2.05, 4.69) is 88.3 Å². The third kappa shape index (κ3) is 2.93. The molecule has 0 fully saturated rings. The molecule has 2 atom stereocenters. The zero-order valence-electron chi connectivity index (χ0n) is 7.19. The summed E-state index contributed by atoms with van der Waals surface area (Å²) >= 11 is 4.87. The molecular formula is C10H8I2S2. The highest BCUT2D eigenvalue weighted by atomic mass is 127. The van der Waals surface area contributed by atoms with Crippen LogP contribution in [0.5, 0.6) is 0 Å². The monoisotopic (exact) mass is 446 g/mol. The van der Waals surface area contributed by atoms with E-state index < -0.39 is 0 Å². The molecule has 74 valence electrons. The highest BCUT2D eigenvalue weighted by molar-refractivity contribution is 14.2. The molecule has 0 aromatic rings. The third-order valence-corrected chi connectivity index (χ3v) is 6.95. The molecule has 2 rings (SSSR count). The Morgan fingerprint density at radius 2 is 1.21 bits per heavy atom. The predicted molar refractivity (Wildman–Crippen MR) is 89.8 cm³/mol. The van der Waals surface area contributed by atoms with E-state index in [4.69, 9.17) is 0 Å². The van der Waals surface area contributed by atoms with Crippen LogP contribution in [0, 0.1) is 0 Å². The molecule has 2 unspecified atom stereocenters. The molecule has 0 aliphatic carbocycles. The summed E-state index contributed by atoms with van der Waals surface area (Å²) in [5.41, 5.74) is 2.65. The number of hydrogen-bond acceptors (Lipinski definition) is 0. The summed E-state index contributed by atoms with van der Waals surface area (Å²) in [5.74, 6) is 0. The van der Waals surface area contributed by atoms with Gasteiger partial charge in [0.05, 0.1) is 0 Å². The molecule has 2 aliphatic rings. The lowest BCUT2D eigenvalue weighted by Crippen LogP contribution is -1.89. The Morgan fingerprint density at radius 1 is 0.786 bits per heavy atom. The highest BCUT2D eigenvalue weighted by Gasteiger charge is 2.02. The Bertz CT molecular complexity index is 395. The molecule has 0 saturated heterocycles. The van der Waals surface area contributed by atoms with Crippen molar-refractivity contribution in [2.75, 3.05) is 0 Å². The van der Waals surface area contributed by atoms with Crippen LogP contribution in [-0.2, 0) is 0 Å².